The van der Waals surface area contributed by atoms with Gasteiger partial charge < -0.3 is 4.84 Å². The minimum atomic E-state index is -0.726. The molecule has 0 aliphatic heterocycles. The first-order valence-corrected chi connectivity index (χ1v) is 6.23. The molecule has 5 heteroatoms. The average molecular weight is 268 g/mol. The van der Waals surface area contributed by atoms with Gasteiger partial charge in [0.15, 0.2) is 0 Å². The number of halogens is 1. The smallest absolute Gasteiger partial charge is 0.294 e. The lowest BCUT2D eigenvalue weighted by Crippen LogP contribution is -2.01. The van der Waals surface area contributed by atoms with Crippen LogP contribution in [0, 0.1) is 10.1 Å². The van der Waals surface area contributed by atoms with E-state index in [0.717, 1.165) is 24.6 Å². The monoisotopic (exact) mass is 267 g/mol. The predicted molar refractivity (Wildman–Crippen MR) is 59.1 cm³/mol. The number of nitrogens with zero attached hydrogens (tertiary/aromatic N) is 1. The molecule has 0 amide bonds. The fourth-order valence-electron chi connectivity index (χ4n) is 1.22. The molecule has 0 saturated carbocycles. The lowest BCUT2D eigenvalue weighted by Gasteiger charge is -2.00. The van der Waals surface area contributed by atoms with Crippen molar-refractivity contribution in [2.75, 3.05) is 11.9 Å². The van der Waals surface area contributed by atoms with Gasteiger partial charge in [0.05, 0.1) is 6.61 Å². The van der Waals surface area contributed by atoms with Gasteiger partial charge in [-0.1, -0.05) is 48.0 Å². The zero-order chi connectivity index (χ0) is 10.6. The van der Waals surface area contributed by atoms with Crippen LogP contribution in [0.3, 0.4) is 0 Å². The van der Waals surface area contributed by atoms with Gasteiger partial charge in [-0.3, -0.25) is 0 Å². The Labute approximate surface area is 93.2 Å². The SMILES string of the molecule is O=[N+]([O-])OCCCCCCCCCBr. The summed E-state index contributed by atoms with van der Waals surface area (Å²) in [5.41, 5.74) is 0. The topological polar surface area (TPSA) is 52.4 Å². The summed E-state index contributed by atoms with van der Waals surface area (Å²) in [6, 6.07) is 0. The molecule has 0 heterocycles. The quantitative estimate of drug-likeness (QED) is 0.264. The number of alkyl halides is 1. The van der Waals surface area contributed by atoms with Crippen molar-refractivity contribution in [3.63, 3.8) is 0 Å². The van der Waals surface area contributed by atoms with E-state index >= 15 is 0 Å². The maximum absolute atomic E-state index is 9.79. The van der Waals surface area contributed by atoms with Crippen molar-refractivity contribution in [2.24, 2.45) is 0 Å². The zero-order valence-electron chi connectivity index (χ0n) is 8.41. The highest BCUT2D eigenvalue weighted by molar-refractivity contribution is 9.09. The van der Waals surface area contributed by atoms with E-state index in [-0.39, 0.29) is 6.61 Å². The Morgan fingerprint density at radius 3 is 2.00 bits per heavy atom. The highest BCUT2D eigenvalue weighted by Crippen LogP contribution is 2.07. The van der Waals surface area contributed by atoms with Crippen molar-refractivity contribution in [1.82, 2.24) is 0 Å². The van der Waals surface area contributed by atoms with Gasteiger partial charge in [-0.05, 0) is 12.8 Å². The Hall–Kier alpha value is -0.320. The van der Waals surface area contributed by atoms with E-state index in [1.807, 2.05) is 0 Å². The summed E-state index contributed by atoms with van der Waals surface area (Å²) < 4.78 is 0. The summed E-state index contributed by atoms with van der Waals surface area (Å²) >= 11 is 3.39. The van der Waals surface area contributed by atoms with Crippen LogP contribution in [0.4, 0.5) is 0 Å². The maximum atomic E-state index is 9.79. The largest absolute Gasteiger partial charge is 0.314 e. The normalized spacial score (nSPS) is 10.1. The first-order valence-electron chi connectivity index (χ1n) is 5.10. The second-order valence-electron chi connectivity index (χ2n) is 3.22. The molecule has 14 heavy (non-hydrogen) atoms. The number of unbranched alkanes of at least 4 members (excludes halogenated alkanes) is 6. The predicted octanol–water partition coefficient (Wildman–Crippen LogP) is 3.32. The van der Waals surface area contributed by atoms with E-state index < -0.39 is 5.09 Å². The van der Waals surface area contributed by atoms with Gasteiger partial charge >= 0.3 is 0 Å². The first-order chi connectivity index (χ1) is 6.77. The third kappa shape index (κ3) is 11.7. The Morgan fingerprint density at radius 2 is 1.50 bits per heavy atom. The summed E-state index contributed by atoms with van der Waals surface area (Å²) in [5, 5.41) is 10.1. The van der Waals surface area contributed by atoms with Crippen LogP contribution >= 0.6 is 15.9 Å². The molecular weight excluding hydrogens is 250 g/mol. The van der Waals surface area contributed by atoms with Gasteiger partial charge in [0.25, 0.3) is 5.09 Å². The molecule has 0 N–H and O–H groups in total. The summed E-state index contributed by atoms with van der Waals surface area (Å²) in [7, 11) is 0. The standard InChI is InChI=1S/C9H18BrNO3/c10-8-6-4-2-1-3-5-7-9-14-11(12)13/h1-9H2. The maximum Gasteiger partial charge on any atom is 0.294 e. The number of rotatable bonds is 10. The minimum Gasteiger partial charge on any atom is -0.314 e. The van der Waals surface area contributed by atoms with Crippen molar-refractivity contribution in [2.45, 2.75) is 44.9 Å². The third-order valence-corrected chi connectivity index (χ3v) is 2.54. The van der Waals surface area contributed by atoms with E-state index in [9.17, 15) is 10.1 Å². The van der Waals surface area contributed by atoms with Gasteiger partial charge in [0.2, 0.25) is 0 Å². The molecule has 0 rings (SSSR count). The fraction of sp³-hybridized carbons (Fsp3) is 1.00. The summed E-state index contributed by atoms with van der Waals surface area (Å²) in [5.74, 6) is 0. The Kier molecular flexibility index (Phi) is 10.5. The molecule has 0 aromatic rings. The summed E-state index contributed by atoms with van der Waals surface area (Å²) in [6.45, 7) is 0.244. The van der Waals surface area contributed by atoms with Gasteiger partial charge in [-0.2, -0.15) is 0 Å². The van der Waals surface area contributed by atoms with Crippen molar-refractivity contribution >= 4 is 15.9 Å². The average Bonchev–Trinajstić information content (AvgIpc) is 2.15. The van der Waals surface area contributed by atoms with Crippen molar-refractivity contribution in [3.05, 3.63) is 10.1 Å². The summed E-state index contributed by atoms with van der Waals surface area (Å²) in [6.07, 6.45) is 7.99. The van der Waals surface area contributed by atoms with Gasteiger partial charge in [-0.25, -0.2) is 0 Å². The van der Waals surface area contributed by atoms with Crippen LogP contribution in [-0.2, 0) is 4.84 Å². The molecule has 0 aromatic heterocycles. The summed E-state index contributed by atoms with van der Waals surface area (Å²) in [4.78, 5) is 14.0. The fourth-order valence-corrected chi connectivity index (χ4v) is 1.62. The molecule has 0 aromatic carbocycles. The molecule has 0 radical (unpaired) electrons. The van der Waals surface area contributed by atoms with E-state index in [1.165, 1.54) is 25.7 Å². The molecule has 0 aliphatic carbocycles. The number of hydrogen-bond donors (Lipinski definition) is 0. The molecule has 0 atom stereocenters. The van der Waals surface area contributed by atoms with E-state index in [4.69, 9.17) is 0 Å². The third-order valence-electron chi connectivity index (χ3n) is 1.97. The van der Waals surface area contributed by atoms with E-state index in [2.05, 4.69) is 20.8 Å². The molecule has 0 saturated heterocycles. The Balaban J connectivity index is 2.88. The molecular formula is C9H18BrNO3. The molecule has 0 aliphatic rings. The molecule has 0 unspecified atom stereocenters. The van der Waals surface area contributed by atoms with Crippen molar-refractivity contribution in [1.29, 1.82) is 0 Å². The van der Waals surface area contributed by atoms with Crippen LogP contribution in [0.5, 0.6) is 0 Å². The van der Waals surface area contributed by atoms with Crippen LogP contribution in [-0.4, -0.2) is 17.0 Å². The Bertz CT molecular complexity index is 144. The molecule has 84 valence electrons. The molecule has 0 fully saturated rings. The Morgan fingerprint density at radius 1 is 1.00 bits per heavy atom. The number of hydrogen-bond acceptors (Lipinski definition) is 3. The van der Waals surface area contributed by atoms with Gasteiger partial charge in [-0.15, -0.1) is 10.1 Å². The molecule has 4 nitrogen and oxygen atoms in total. The molecule has 0 spiro atoms. The molecule has 0 bridgehead atoms. The van der Waals surface area contributed by atoms with Gasteiger partial charge in [0, 0.05) is 5.33 Å². The lowest BCUT2D eigenvalue weighted by atomic mass is 10.1. The zero-order valence-corrected chi connectivity index (χ0v) is 10.00. The van der Waals surface area contributed by atoms with Gasteiger partial charge in [0.1, 0.15) is 0 Å². The lowest BCUT2D eigenvalue weighted by molar-refractivity contribution is -0.757. The van der Waals surface area contributed by atoms with Crippen LogP contribution in [0.25, 0.3) is 0 Å². The van der Waals surface area contributed by atoms with Crippen molar-refractivity contribution in [3.8, 4) is 0 Å². The van der Waals surface area contributed by atoms with E-state index in [1.54, 1.807) is 0 Å². The second-order valence-corrected chi connectivity index (χ2v) is 4.01. The van der Waals surface area contributed by atoms with Crippen molar-refractivity contribution < 1.29 is 9.92 Å². The van der Waals surface area contributed by atoms with E-state index in [0.29, 0.717) is 0 Å². The van der Waals surface area contributed by atoms with Crippen LogP contribution in [0.2, 0.25) is 0 Å². The van der Waals surface area contributed by atoms with Crippen LogP contribution in [0.15, 0.2) is 0 Å². The van der Waals surface area contributed by atoms with Crippen LogP contribution < -0.4 is 0 Å². The highest BCUT2D eigenvalue weighted by Gasteiger charge is 1.94. The second kappa shape index (κ2) is 10.8. The van der Waals surface area contributed by atoms with Crippen LogP contribution in [0.1, 0.15) is 44.9 Å². The highest BCUT2D eigenvalue weighted by atomic mass is 79.9. The minimum absolute atomic E-state index is 0.244. The first kappa shape index (κ1) is 13.7.